The summed E-state index contributed by atoms with van der Waals surface area (Å²) in [5, 5.41) is 3.21. The van der Waals surface area contributed by atoms with Gasteiger partial charge in [0.2, 0.25) is 0 Å². The van der Waals surface area contributed by atoms with Gasteiger partial charge in [0.05, 0.1) is 18.2 Å². The van der Waals surface area contributed by atoms with Gasteiger partial charge < -0.3 is 20.5 Å². The number of esters is 2. The molecule has 0 heterocycles. The summed E-state index contributed by atoms with van der Waals surface area (Å²) in [5.41, 5.74) is 6.35. The zero-order valence-electron chi connectivity index (χ0n) is 12.7. The van der Waals surface area contributed by atoms with Crippen LogP contribution in [0.15, 0.2) is 30.0 Å². The first-order valence-electron chi connectivity index (χ1n) is 6.81. The predicted octanol–water partition coefficient (Wildman–Crippen LogP) is 2.40. The average Bonchev–Trinajstić information content (AvgIpc) is 2.49. The predicted molar refractivity (Wildman–Crippen MR) is 92.3 cm³/mol. The SMILES string of the molecule is CCOC(=O)C(=CNc1ccc(Cl)c(C(N)=S)c1)C(=O)OCC. The monoisotopic (exact) mass is 356 g/mol. The van der Waals surface area contributed by atoms with Crippen molar-refractivity contribution in [2.24, 2.45) is 5.73 Å². The lowest BCUT2D eigenvalue weighted by molar-refractivity contribution is -0.146. The molecule has 0 saturated carbocycles. The summed E-state index contributed by atoms with van der Waals surface area (Å²) in [5.74, 6) is -1.55. The van der Waals surface area contributed by atoms with Gasteiger partial charge in [0.1, 0.15) is 4.99 Å². The van der Waals surface area contributed by atoms with Crippen molar-refractivity contribution in [1.29, 1.82) is 0 Å². The first kappa shape index (κ1) is 18.9. The Labute approximate surface area is 144 Å². The molecule has 0 aromatic heterocycles. The van der Waals surface area contributed by atoms with Crippen LogP contribution in [0.3, 0.4) is 0 Å². The molecule has 8 heteroatoms. The fraction of sp³-hybridized carbons (Fsp3) is 0.267. The first-order chi connectivity index (χ1) is 10.9. The van der Waals surface area contributed by atoms with E-state index < -0.39 is 11.9 Å². The molecule has 0 aliphatic rings. The Bertz CT molecular complexity index is 626. The zero-order valence-corrected chi connectivity index (χ0v) is 14.3. The lowest BCUT2D eigenvalue weighted by atomic mass is 10.2. The largest absolute Gasteiger partial charge is 0.462 e. The van der Waals surface area contributed by atoms with Gasteiger partial charge in [-0.25, -0.2) is 9.59 Å². The molecule has 1 aromatic rings. The molecule has 1 rings (SSSR count). The Morgan fingerprint density at radius 3 is 2.30 bits per heavy atom. The van der Waals surface area contributed by atoms with Crippen molar-refractivity contribution in [3.8, 4) is 0 Å². The van der Waals surface area contributed by atoms with Crippen LogP contribution in [-0.2, 0) is 19.1 Å². The summed E-state index contributed by atoms with van der Waals surface area (Å²) in [6.07, 6.45) is 1.21. The van der Waals surface area contributed by atoms with Gasteiger partial charge in [-0.15, -0.1) is 0 Å². The van der Waals surface area contributed by atoms with E-state index in [0.717, 1.165) is 0 Å². The first-order valence-corrected chi connectivity index (χ1v) is 7.59. The maximum Gasteiger partial charge on any atom is 0.347 e. The molecule has 6 nitrogen and oxygen atoms in total. The molecular weight excluding hydrogens is 340 g/mol. The van der Waals surface area contributed by atoms with Crippen LogP contribution in [0.25, 0.3) is 0 Å². The molecule has 0 spiro atoms. The third-order valence-corrected chi connectivity index (χ3v) is 3.16. The van der Waals surface area contributed by atoms with Crippen molar-refractivity contribution in [2.75, 3.05) is 18.5 Å². The topological polar surface area (TPSA) is 90.6 Å². The van der Waals surface area contributed by atoms with E-state index in [2.05, 4.69) is 5.32 Å². The van der Waals surface area contributed by atoms with Crippen LogP contribution in [-0.4, -0.2) is 30.1 Å². The number of thiocarbonyl (C=S) groups is 1. The maximum absolute atomic E-state index is 11.8. The fourth-order valence-electron chi connectivity index (χ4n) is 1.58. The molecule has 0 amide bonds. The van der Waals surface area contributed by atoms with Crippen molar-refractivity contribution in [3.05, 3.63) is 40.6 Å². The number of benzene rings is 1. The normalized spacial score (nSPS) is 9.70. The van der Waals surface area contributed by atoms with Crippen LogP contribution in [0.4, 0.5) is 5.69 Å². The highest BCUT2D eigenvalue weighted by Crippen LogP contribution is 2.20. The number of carbonyl (C=O) groups is 2. The zero-order chi connectivity index (χ0) is 17.4. The van der Waals surface area contributed by atoms with Gasteiger partial charge in [0.25, 0.3) is 0 Å². The lowest BCUT2D eigenvalue weighted by Gasteiger charge is -2.09. The van der Waals surface area contributed by atoms with Crippen LogP contribution in [0.2, 0.25) is 5.02 Å². The Morgan fingerprint density at radius 2 is 1.83 bits per heavy atom. The van der Waals surface area contributed by atoms with Crippen molar-refractivity contribution in [2.45, 2.75) is 13.8 Å². The number of halogens is 1. The summed E-state index contributed by atoms with van der Waals surface area (Å²) in [4.78, 5) is 23.8. The quantitative estimate of drug-likeness (QED) is 0.255. The van der Waals surface area contributed by atoms with Crippen molar-refractivity contribution in [1.82, 2.24) is 0 Å². The van der Waals surface area contributed by atoms with E-state index in [1.165, 1.54) is 6.20 Å². The standard InChI is InChI=1S/C15H17ClN2O4S/c1-3-21-14(19)11(15(20)22-4-2)8-18-9-5-6-12(16)10(7-9)13(17)23/h5-8,18H,3-4H2,1-2H3,(H2,17,23). The Kier molecular flexibility index (Phi) is 7.50. The van der Waals surface area contributed by atoms with E-state index in [9.17, 15) is 9.59 Å². The molecule has 124 valence electrons. The Hall–Kier alpha value is -2.12. The number of hydrogen-bond acceptors (Lipinski definition) is 6. The minimum Gasteiger partial charge on any atom is -0.462 e. The molecular formula is C15H17ClN2O4S. The molecule has 0 unspecified atom stereocenters. The molecule has 0 aliphatic heterocycles. The second kappa shape index (κ2) is 9.12. The van der Waals surface area contributed by atoms with Crippen molar-refractivity contribution >= 4 is 46.4 Å². The highest BCUT2D eigenvalue weighted by molar-refractivity contribution is 7.80. The minimum atomic E-state index is -0.776. The molecule has 1 aromatic carbocycles. The lowest BCUT2D eigenvalue weighted by Crippen LogP contribution is -2.19. The van der Waals surface area contributed by atoms with E-state index in [0.29, 0.717) is 16.3 Å². The number of ether oxygens (including phenoxy) is 2. The van der Waals surface area contributed by atoms with E-state index in [1.54, 1.807) is 32.0 Å². The van der Waals surface area contributed by atoms with Gasteiger partial charge in [0, 0.05) is 17.5 Å². The average molecular weight is 357 g/mol. The highest BCUT2D eigenvalue weighted by Gasteiger charge is 2.20. The summed E-state index contributed by atoms with van der Waals surface area (Å²) in [6.45, 7) is 3.56. The van der Waals surface area contributed by atoms with Gasteiger partial charge in [-0.2, -0.15) is 0 Å². The third-order valence-electron chi connectivity index (χ3n) is 2.61. The molecule has 0 aliphatic carbocycles. The van der Waals surface area contributed by atoms with Gasteiger partial charge >= 0.3 is 11.9 Å². The second-order valence-electron chi connectivity index (χ2n) is 4.20. The number of nitrogens with two attached hydrogens (primary N) is 1. The Balaban J connectivity index is 3.04. The summed E-state index contributed by atoms with van der Waals surface area (Å²) in [6, 6.07) is 4.85. The van der Waals surface area contributed by atoms with Crippen LogP contribution in [0.1, 0.15) is 19.4 Å². The van der Waals surface area contributed by atoms with Crippen LogP contribution >= 0.6 is 23.8 Å². The van der Waals surface area contributed by atoms with E-state index >= 15 is 0 Å². The van der Waals surface area contributed by atoms with Crippen molar-refractivity contribution in [3.63, 3.8) is 0 Å². The third kappa shape index (κ3) is 5.54. The molecule has 0 saturated heterocycles. The van der Waals surface area contributed by atoms with E-state index in [-0.39, 0.29) is 23.8 Å². The smallest absolute Gasteiger partial charge is 0.347 e. The number of hydrogen-bond donors (Lipinski definition) is 2. The van der Waals surface area contributed by atoms with Crippen LogP contribution in [0.5, 0.6) is 0 Å². The number of carbonyl (C=O) groups excluding carboxylic acids is 2. The number of nitrogens with one attached hydrogen (secondary N) is 1. The van der Waals surface area contributed by atoms with Crippen LogP contribution in [0, 0.1) is 0 Å². The summed E-state index contributed by atoms with van der Waals surface area (Å²) in [7, 11) is 0. The molecule has 0 fully saturated rings. The molecule has 3 N–H and O–H groups in total. The molecule has 23 heavy (non-hydrogen) atoms. The molecule has 0 atom stereocenters. The molecule has 0 radical (unpaired) electrons. The minimum absolute atomic E-state index is 0.138. The fourth-order valence-corrected chi connectivity index (χ4v) is 2.02. The van der Waals surface area contributed by atoms with Gasteiger partial charge in [0.15, 0.2) is 5.57 Å². The number of anilines is 1. The van der Waals surface area contributed by atoms with E-state index in [1.807, 2.05) is 0 Å². The van der Waals surface area contributed by atoms with Gasteiger partial charge in [-0.1, -0.05) is 23.8 Å². The maximum atomic E-state index is 11.8. The van der Waals surface area contributed by atoms with Crippen molar-refractivity contribution < 1.29 is 19.1 Å². The van der Waals surface area contributed by atoms with Gasteiger partial charge in [-0.05, 0) is 32.0 Å². The molecule has 0 bridgehead atoms. The summed E-state index contributed by atoms with van der Waals surface area (Å²) >= 11 is 10.9. The van der Waals surface area contributed by atoms with Crippen LogP contribution < -0.4 is 11.1 Å². The number of rotatable bonds is 7. The van der Waals surface area contributed by atoms with Gasteiger partial charge in [-0.3, -0.25) is 0 Å². The Morgan fingerprint density at radius 1 is 1.26 bits per heavy atom. The summed E-state index contributed by atoms with van der Waals surface area (Å²) < 4.78 is 9.66. The highest BCUT2D eigenvalue weighted by atomic mass is 35.5. The second-order valence-corrected chi connectivity index (χ2v) is 5.05. The van der Waals surface area contributed by atoms with E-state index in [4.69, 9.17) is 39.0 Å².